The molecule has 0 radical (unpaired) electrons. The Kier molecular flexibility index (Phi) is 2.42. The van der Waals surface area contributed by atoms with Gasteiger partial charge in [0.25, 0.3) is 5.56 Å². The van der Waals surface area contributed by atoms with Gasteiger partial charge in [-0.3, -0.25) is 9.36 Å². The molecular weight excluding hydrogens is 238 g/mol. The molecule has 1 heterocycles. The van der Waals surface area contributed by atoms with Gasteiger partial charge >= 0.3 is 0 Å². The summed E-state index contributed by atoms with van der Waals surface area (Å²) in [6.45, 7) is 0.272. The molecule has 0 aliphatic heterocycles. The molecule has 4 nitrogen and oxygen atoms in total. The zero-order valence-corrected chi connectivity index (χ0v) is 9.94. The van der Waals surface area contributed by atoms with E-state index in [1.165, 1.54) is 0 Å². The first-order valence-electron chi connectivity index (χ1n) is 5.61. The van der Waals surface area contributed by atoms with Crippen molar-refractivity contribution in [3.63, 3.8) is 0 Å². The van der Waals surface area contributed by atoms with Gasteiger partial charge in [-0.05, 0) is 31.0 Å². The molecule has 88 valence electrons. The quantitative estimate of drug-likeness (QED) is 0.884. The molecule has 0 saturated heterocycles. The van der Waals surface area contributed by atoms with Gasteiger partial charge in [0.15, 0.2) is 0 Å². The van der Waals surface area contributed by atoms with Crippen LogP contribution >= 0.6 is 11.6 Å². The van der Waals surface area contributed by atoms with Crippen molar-refractivity contribution >= 4 is 22.5 Å². The van der Waals surface area contributed by atoms with E-state index in [4.69, 9.17) is 17.3 Å². The number of nitrogens with two attached hydrogens (primary N) is 1. The van der Waals surface area contributed by atoms with Gasteiger partial charge in [-0.1, -0.05) is 11.6 Å². The summed E-state index contributed by atoms with van der Waals surface area (Å²) in [7, 11) is 0. The maximum atomic E-state index is 12.3. The number of hydrogen-bond acceptors (Lipinski definition) is 3. The summed E-state index contributed by atoms with van der Waals surface area (Å²) >= 11 is 5.90. The molecule has 0 atom stereocenters. The van der Waals surface area contributed by atoms with Crippen molar-refractivity contribution in [2.24, 2.45) is 5.73 Å². The Morgan fingerprint density at radius 2 is 2.24 bits per heavy atom. The molecule has 2 aromatic rings. The number of halogens is 1. The standard InChI is InChI=1S/C12H12ClN3O/c13-7-1-4-9-10(5-7)15-11(6-14)16(12(9)17)8-2-3-8/h1,4-5,8H,2-3,6,14H2. The predicted octanol–water partition coefficient (Wildman–Crippen LogP) is 1.84. The van der Waals surface area contributed by atoms with Crippen LogP contribution in [0.2, 0.25) is 5.02 Å². The van der Waals surface area contributed by atoms with Gasteiger partial charge in [-0.25, -0.2) is 4.98 Å². The molecule has 0 bridgehead atoms. The number of fused-ring (bicyclic) bond motifs is 1. The Bertz CT molecular complexity index is 646. The first-order valence-corrected chi connectivity index (χ1v) is 5.99. The second kappa shape index (κ2) is 3.82. The van der Waals surface area contributed by atoms with E-state index in [1.54, 1.807) is 22.8 Å². The topological polar surface area (TPSA) is 60.9 Å². The highest BCUT2D eigenvalue weighted by Gasteiger charge is 2.27. The second-order valence-corrected chi connectivity index (χ2v) is 4.74. The lowest BCUT2D eigenvalue weighted by atomic mass is 10.2. The van der Waals surface area contributed by atoms with Crippen LogP contribution in [0.15, 0.2) is 23.0 Å². The van der Waals surface area contributed by atoms with E-state index < -0.39 is 0 Å². The highest BCUT2D eigenvalue weighted by Crippen LogP contribution is 2.34. The van der Waals surface area contributed by atoms with Gasteiger partial charge in [-0.15, -0.1) is 0 Å². The van der Waals surface area contributed by atoms with Gasteiger partial charge in [0.2, 0.25) is 0 Å². The minimum Gasteiger partial charge on any atom is -0.324 e. The number of hydrogen-bond donors (Lipinski definition) is 1. The Labute approximate surface area is 103 Å². The Balaban J connectivity index is 2.37. The van der Waals surface area contributed by atoms with Crippen molar-refractivity contribution in [3.05, 3.63) is 39.4 Å². The fourth-order valence-corrected chi connectivity index (χ4v) is 2.24. The van der Waals surface area contributed by atoms with Crippen molar-refractivity contribution in [2.75, 3.05) is 0 Å². The average molecular weight is 250 g/mol. The lowest BCUT2D eigenvalue weighted by Gasteiger charge is -2.11. The lowest BCUT2D eigenvalue weighted by Crippen LogP contribution is -2.26. The molecule has 3 rings (SSSR count). The summed E-state index contributed by atoms with van der Waals surface area (Å²) in [6.07, 6.45) is 2.07. The van der Waals surface area contributed by atoms with Crippen LogP contribution in [0.3, 0.4) is 0 Å². The van der Waals surface area contributed by atoms with E-state index in [9.17, 15) is 4.79 Å². The van der Waals surface area contributed by atoms with E-state index in [2.05, 4.69) is 4.98 Å². The third-order valence-electron chi connectivity index (χ3n) is 3.03. The minimum atomic E-state index is -0.00498. The van der Waals surface area contributed by atoms with E-state index >= 15 is 0 Å². The van der Waals surface area contributed by atoms with Crippen LogP contribution in [0, 0.1) is 0 Å². The van der Waals surface area contributed by atoms with E-state index in [0.29, 0.717) is 21.7 Å². The Hall–Kier alpha value is -1.39. The minimum absolute atomic E-state index is 0.00498. The Morgan fingerprint density at radius 1 is 1.47 bits per heavy atom. The van der Waals surface area contributed by atoms with Gasteiger partial charge in [-0.2, -0.15) is 0 Å². The Morgan fingerprint density at radius 3 is 2.88 bits per heavy atom. The van der Waals surface area contributed by atoms with Crippen LogP contribution in [-0.2, 0) is 6.54 Å². The van der Waals surface area contributed by atoms with Crippen LogP contribution in [0.5, 0.6) is 0 Å². The number of rotatable bonds is 2. The molecule has 1 aliphatic rings. The van der Waals surface area contributed by atoms with Gasteiger partial charge in [0.1, 0.15) is 5.82 Å². The lowest BCUT2D eigenvalue weighted by molar-refractivity contribution is 0.641. The first kappa shape index (κ1) is 10.7. The number of aromatic nitrogens is 2. The fraction of sp³-hybridized carbons (Fsp3) is 0.333. The van der Waals surface area contributed by atoms with Crippen molar-refractivity contribution < 1.29 is 0 Å². The third-order valence-corrected chi connectivity index (χ3v) is 3.27. The molecule has 1 saturated carbocycles. The summed E-state index contributed by atoms with van der Waals surface area (Å²) in [5, 5.41) is 1.19. The van der Waals surface area contributed by atoms with Crippen molar-refractivity contribution in [1.29, 1.82) is 0 Å². The first-order chi connectivity index (χ1) is 8.20. The highest BCUT2D eigenvalue weighted by molar-refractivity contribution is 6.31. The fourth-order valence-electron chi connectivity index (χ4n) is 2.07. The van der Waals surface area contributed by atoms with Crippen molar-refractivity contribution in [1.82, 2.24) is 9.55 Å². The summed E-state index contributed by atoms with van der Waals surface area (Å²) in [5.74, 6) is 0.646. The summed E-state index contributed by atoms with van der Waals surface area (Å²) in [5.41, 5.74) is 6.28. The third kappa shape index (κ3) is 1.73. The molecule has 17 heavy (non-hydrogen) atoms. The highest BCUT2D eigenvalue weighted by atomic mass is 35.5. The van der Waals surface area contributed by atoms with Crippen molar-refractivity contribution in [3.8, 4) is 0 Å². The molecule has 1 aromatic heterocycles. The number of nitrogens with zero attached hydrogens (tertiary/aromatic N) is 2. The molecule has 1 aliphatic carbocycles. The molecule has 5 heteroatoms. The van der Waals surface area contributed by atoms with Crippen LogP contribution in [0.1, 0.15) is 24.7 Å². The van der Waals surface area contributed by atoms with Crippen LogP contribution in [0.25, 0.3) is 10.9 Å². The SMILES string of the molecule is NCc1nc2cc(Cl)ccc2c(=O)n1C1CC1. The average Bonchev–Trinajstić information content (AvgIpc) is 3.12. The zero-order valence-electron chi connectivity index (χ0n) is 9.19. The molecule has 0 unspecified atom stereocenters. The van der Waals surface area contributed by atoms with E-state index in [-0.39, 0.29) is 18.1 Å². The largest absolute Gasteiger partial charge is 0.324 e. The molecule has 0 amide bonds. The molecule has 0 spiro atoms. The van der Waals surface area contributed by atoms with Gasteiger partial charge in [0, 0.05) is 11.1 Å². The second-order valence-electron chi connectivity index (χ2n) is 4.30. The summed E-state index contributed by atoms with van der Waals surface area (Å²) in [6, 6.07) is 5.43. The molecule has 1 fully saturated rings. The van der Waals surface area contributed by atoms with Gasteiger partial charge < -0.3 is 5.73 Å². The van der Waals surface area contributed by atoms with Crippen LogP contribution in [0.4, 0.5) is 0 Å². The summed E-state index contributed by atoms with van der Waals surface area (Å²) in [4.78, 5) is 16.8. The molecule has 2 N–H and O–H groups in total. The number of benzene rings is 1. The van der Waals surface area contributed by atoms with Crippen LogP contribution < -0.4 is 11.3 Å². The summed E-state index contributed by atoms with van der Waals surface area (Å²) < 4.78 is 1.73. The predicted molar refractivity (Wildman–Crippen MR) is 67.2 cm³/mol. The molecule has 1 aromatic carbocycles. The molecular formula is C12H12ClN3O. The maximum Gasteiger partial charge on any atom is 0.261 e. The van der Waals surface area contributed by atoms with Gasteiger partial charge in [0.05, 0.1) is 17.4 Å². The van der Waals surface area contributed by atoms with Crippen LogP contribution in [-0.4, -0.2) is 9.55 Å². The monoisotopic (exact) mass is 249 g/mol. The van der Waals surface area contributed by atoms with E-state index in [0.717, 1.165) is 12.8 Å². The maximum absolute atomic E-state index is 12.3. The zero-order chi connectivity index (χ0) is 12.0. The van der Waals surface area contributed by atoms with E-state index in [1.807, 2.05) is 0 Å². The normalized spacial score (nSPS) is 15.4. The smallest absolute Gasteiger partial charge is 0.261 e. The van der Waals surface area contributed by atoms with Crippen molar-refractivity contribution in [2.45, 2.75) is 25.4 Å².